The van der Waals surface area contributed by atoms with Crippen LogP contribution in [0.2, 0.25) is 0 Å². The highest BCUT2D eigenvalue weighted by atomic mass is 19.3. The molecule has 0 aromatic rings. The first-order valence-electron chi connectivity index (χ1n) is 9.77. The van der Waals surface area contributed by atoms with Crippen LogP contribution in [0.1, 0.15) is 47.5 Å². The van der Waals surface area contributed by atoms with E-state index in [1.165, 1.54) is 11.0 Å². The minimum Gasteiger partial charge on any atom is -0.444 e. The largest absolute Gasteiger partial charge is 0.444 e. The fraction of sp³-hybridized carbons (Fsp3) is 0.750. The zero-order chi connectivity index (χ0) is 22.0. The maximum atomic E-state index is 13.6. The molecule has 0 aromatic carbocycles. The first-order valence-corrected chi connectivity index (χ1v) is 9.77. The second kappa shape index (κ2) is 8.27. The zero-order valence-electron chi connectivity index (χ0n) is 17.7. The second-order valence-corrected chi connectivity index (χ2v) is 9.23. The highest BCUT2D eigenvalue weighted by Gasteiger charge is 2.43. The minimum absolute atomic E-state index is 0.0804. The second-order valence-electron chi connectivity index (χ2n) is 9.23. The van der Waals surface area contributed by atoms with Crippen molar-refractivity contribution >= 4 is 12.0 Å². The third kappa shape index (κ3) is 6.39. The number of hydrogen-bond acceptors (Lipinski definition) is 5. The van der Waals surface area contributed by atoms with Gasteiger partial charge >= 0.3 is 6.09 Å². The Morgan fingerprint density at radius 1 is 1.24 bits per heavy atom. The van der Waals surface area contributed by atoms with Gasteiger partial charge in [-0.05, 0) is 47.1 Å². The van der Waals surface area contributed by atoms with Crippen molar-refractivity contribution in [3.05, 3.63) is 11.6 Å². The van der Waals surface area contributed by atoms with E-state index in [0.717, 1.165) is 0 Å². The Morgan fingerprint density at radius 2 is 1.90 bits per heavy atom. The number of amides is 2. The molecule has 2 saturated heterocycles. The fourth-order valence-electron chi connectivity index (χ4n) is 3.52. The molecule has 0 aliphatic carbocycles. The molecule has 0 aromatic heterocycles. The maximum absolute atomic E-state index is 13.6. The van der Waals surface area contributed by atoms with Crippen molar-refractivity contribution in [2.45, 2.75) is 70.6 Å². The van der Waals surface area contributed by atoms with Crippen molar-refractivity contribution < 1.29 is 23.1 Å². The Balaban J connectivity index is 2.00. The number of rotatable bonds is 4. The number of ether oxygens (including phenoxy) is 1. The molecule has 29 heavy (non-hydrogen) atoms. The molecule has 0 spiro atoms. The van der Waals surface area contributed by atoms with Gasteiger partial charge in [-0.25, -0.2) is 13.6 Å². The van der Waals surface area contributed by atoms with Gasteiger partial charge in [-0.1, -0.05) is 0 Å². The minimum atomic E-state index is -2.75. The number of alkyl halides is 2. The lowest BCUT2D eigenvalue weighted by Gasteiger charge is -2.33. The summed E-state index contributed by atoms with van der Waals surface area (Å²) in [6, 6.07) is 1.64. The number of nitrogens with one attached hydrogen (secondary N) is 1. The summed E-state index contributed by atoms with van der Waals surface area (Å²) in [5.74, 6) is -3.21. The lowest BCUT2D eigenvalue weighted by atomic mass is 9.99. The SMILES string of the molecule is CC(C)(C)OC(=O)N[C@H]1CCN(C(=O)/C(C#N)=C/C(C)(C)N2CCC(F)(F)C2)C1. The number of carbonyl (C=O) groups excluding carboxylic acids is 2. The summed E-state index contributed by atoms with van der Waals surface area (Å²) in [7, 11) is 0. The maximum Gasteiger partial charge on any atom is 0.407 e. The summed E-state index contributed by atoms with van der Waals surface area (Å²) in [4.78, 5) is 27.8. The van der Waals surface area contributed by atoms with E-state index in [4.69, 9.17) is 4.74 Å². The van der Waals surface area contributed by atoms with Crippen LogP contribution >= 0.6 is 0 Å². The summed E-state index contributed by atoms with van der Waals surface area (Å²) < 4.78 is 32.3. The van der Waals surface area contributed by atoms with Crippen molar-refractivity contribution in [2.75, 3.05) is 26.2 Å². The molecule has 2 rings (SSSR count). The number of alkyl carbamates (subject to hydrolysis) is 1. The van der Waals surface area contributed by atoms with Crippen molar-refractivity contribution in [3.8, 4) is 6.07 Å². The van der Waals surface area contributed by atoms with Gasteiger partial charge in [0, 0.05) is 31.6 Å². The summed E-state index contributed by atoms with van der Waals surface area (Å²) in [5, 5.41) is 12.2. The topological polar surface area (TPSA) is 85.7 Å². The average molecular weight is 412 g/mol. The molecule has 0 radical (unpaired) electrons. The number of nitrogens with zero attached hydrogens (tertiary/aromatic N) is 3. The summed E-state index contributed by atoms with van der Waals surface area (Å²) >= 11 is 0. The third-order valence-corrected chi connectivity index (χ3v) is 5.03. The highest BCUT2D eigenvalue weighted by Crippen LogP contribution is 2.33. The van der Waals surface area contributed by atoms with E-state index in [2.05, 4.69) is 5.32 Å². The average Bonchev–Trinajstić information content (AvgIpc) is 3.16. The standard InChI is InChI=1S/C20H30F2N4O3/c1-18(2,3)29-17(28)24-15-6-8-25(12-15)16(27)14(11-23)10-19(4,5)26-9-7-20(21,22)13-26/h10,15H,6-9,12-13H2,1-5H3,(H,24,28)/b14-10+/t15-/m0/s1. The van der Waals surface area contributed by atoms with Crippen LogP contribution in [-0.2, 0) is 9.53 Å². The third-order valence-electron chi connectivity index (χ3n) is 5.03. The normalized spacial score (nSPS) is 23.0. The van der Waals surface area contributed by atoms with Gasteiger partial charge in [0.25, 0.3) is 11.8 Å². The van der Waals surface area contributed by atoms with E-state index >= 15 is 0 Å². The zero-order valence-corrected chi connectivity index (χ0v) is 17.7. The van der Waals surface area contributed by atoms with Crippen LogP contribution in [0.25, 0.3) is 0 Å². The Morgan fingerprint density at radius 3 is 2.41 bits per heavy atom. The van der Waals surface area contributed by atoms with Gasteiger partial charge in [-0.2, -0.15) is 5.26 Å². The molecule has 1 N–H and O–H groups in total. The fourth-order valence-corrected chi connectivity index (χ4v) is 3.52. The molecule has 9 heteroatoms. The van der Waals surface area contributed by atoms with Crippen LogP contribution in [0.15, 0.2) is 11.6 Å². The van der Waals surface area contributed by atoms with Crippen molar-refractivity contribution in [1.29, 1.82) is 5.26 Å². The van der Waals surface area contributed by atoms with Crippen LogP contribution in [0.5, 0.6) is 0 Å². The first kappa shape index (κ1) is 23.1. The number of likely N-dealkylation sites (tertiary alicyclic amines) is 2. The van der Waals surface area contributed by atoms with Crippen molar-refractivity contribution in [1.82, 2.24) is 15.1 Å². The summed E-state index contributed by atoms with van der Waals surface area (Å²) in [5.41, 5.74) is -1.55. The van der Waals surface area contributed by atoms with E-state index in [-0.39, 0.29) is 31.1 Å². The van der Waals surface area contributed by atoms with Crippen LogP contribution in [-0.4, -0.2) is 71.1 Å². The summed E-state index contributed by atoms with van der Waals surface area (Å²) in [6.07, 6.45) is 1.23. The molecule has 2 fully saturated rings. The number of hydrogen-bond donors (Lipinski definition) is 1. The molecule has 0 bridgehead atoms. The van der Waals surface area contributed by atoms with Crippen LogP contribution in [0.4, 0.5) is 13.6 Å². The molecular formula is C20H30F2N4O3. The van der Waals surface area contributed by atoms with Crippen molar-refractivity contribution in [3.63, 3.8) is 0 Å². The van der Waals surface area contributed by atoms with Gasteiger partial charge in [0.05, 0.1) is 12.6 Å². The Labute approximate surface area is 170 Å². The molecule has 1 atom stereocenters. The molecule has 2 aliphatic heterocycles. The molecule has 0 unspecified atom stereocenters. The van der Waals surface area contributed by atoms with Gasteiger partial charge in [0.2, 0.25) is 0 Å². The number of nitriles is 1. The molecule has 0 saturated carbocycles. The molecule has 162 valence electrons. The lowest BCUT2D eigenvalue weighted by Crippen LogP contribution is -2.43. The smallest absolute Gasteiger partial charge is 0.407 e. The van der Waals surface area contributed by atoms with Gasteiger partial charge < -0.3 is 15.0 Å². The quantitative estimate of drug-likeness (QED) is 0.567. The highest BCUT2D eigenvalue weighted by molar-refractivity contribution is 5.97. The molecule has 7 nitrogen and oxygen atoms in total. The molecule has 2 amide bonds. The molecule has 2 heterocycles. The number of carbonyl (C=O) groups is 2. The van der Waals surface area contributed by atoms with Gasteiger partial charge in [-0.3, -0.25) is 9.69 Å². The Kier molecular flexibility index (Phi) is 6.58. The van der Waals surface area contributed by atoms with E-state index in [1.54, 1.807) is 39.5 Å². The Bertz CT molecular complexity index is 722. The predicted molar refractivity (Wildman–Crippen MR) is 103 cm³/mol. The van der Waals surface area contributed by atoms with E-state index in [1.807, 2.05) is 6.07 Å². The van der Waals surface area contributed by atoms with Gasteiger partial charge in [-0.15, -0.1) is 0 Å². The predicted octanol–water partition coefficient (Wildman–Crippen LogP) is 2.68. The van der Waals surface area contributed by atoms with Crippen LogP contribution in [0, 0.1) is 11.3 Å². The molecule has 2 aliphatic rings. The van der Waals surface area contributed by atoms with Gasteiger partial charge in [0.1, 0.15) is 17.2 Å². The monoisotopic (exact) mass is 412 g/mol. The lowest BCUT2D eigenvalue weighted by molar-refractivity contribution is -0.125. The number of halogens is 2. The summed E-state index contributed by atoms with van der Waals surface area (Å²) in [6.45, 7) is 9.19. The molecular weight excluding hydrogens is 382 g/mol. The van der Waals surface area contributed by atoms with E-state index < -0.39 is 35.6 Å². The van der Waals surface area contributed by atoms with Gasteiger partial charge in [0.15, 0.2) is 0 Å². The van der Waals surface area contributed by atoms with Crippen molar-refractivity contribution in [2.24, 2.45) is 0 Å². The van der Waals surface area contributed by atoms with Crippen LogP contribution in [0.3, 0.4) is 0 Å². The first-order chi connectivity index (χ1) is 13.2. The van der Waals surface area contributed by atoms with Crippen LogP contribution < -0.4 is 5.32 Å². The van der Waals surface area contributed by atoms with E-state index in [0.29, 0.717) is 13.0 Å². The van der Waals surface area contributed by atoms with E-state index in [9.17, 15) is 23.6 Å². The Hall–Kier alpha value is -2.21.